The van der Waals surface area contributed by atoms with Crippen LogP contribution in [0.4, 0.5) is 0 Å². The Morgan fingerprint density at radius 2 is 2.29 bits per heavy atom. The number of hydrogen-bond donors (Lipinski definition) is 0. The lowest BCUT2D eigenvalue weighted by Crippen LogP contribution is -1.93. The van der Waals surface area contributed by atoms with Gasteiger partial charge in [-0.3, -0.25) is 9.36 Å². The molecule has 0 amide bonds. The topological polar surface area (TPSA) is 31.2 Å². The Balaban J connectivity index is 2.55. The number of aromatic nitrogens is 1. The third-order valence-corrected chi connectivity index (χ3v) is 2.12. The number of nitrogens with zero attached hydrogens (tertiary/aromatic N) is 1. The molecule has 0 aliphatic rings. The highest BCUT2D eigenvalue weighted by atomic mass is 16.5. The van der Waals surface area contributed by atoms with E-state index >= 15 is 0 Å². The molecule has 0 saturated carbocycles. The van der Waals surface area contributed by atoms with Crippen LogP contribution in [-0.4, -0.2) is 17.6 Å². The van der Waals surface area contributed by atoms with Crippen molar-refractivity contribution in [3.8, 4) is 5.75 Å². The first-order valence-corrected chi connectivity index (χ1v) is 4.54. The number of ether oxygens (including phenoxy) is 1. The lowest BCUT2D eigenvalue weighted by atomic mass is 10.2. The van der Waals surface area contributed by atoms with Crippen molar-refractivity contribution < 1.29 is 9.53 Å². The quantitative estimate of drug-likeness (QED) is 0.692. The van der Waals surface area contributed by atoms with Crippen molar-refractivity contribution in [1.82, 2.24) is 4.57 Å². The molecule has 0 unspecified atom stereocenters. The Hall–Kier alpha value is -1.77. The largest absolute Gasteiger partial charge is 0.494 e. The lowest BCUT2D eigenvalue weighted by molar-refractivity contribution is 0.340. The SMILES string of the molecule is CCOc1ccc2ccn(C=O)c2c1. The van der Waals surface area contributed by atoms with Crippen molar-refractivity contribution in [1.29, 1.82) is 0 Å². The van der Waals surface area contributed by atoms with Crippen molar-refractivity contribution >= 4 is 17.3 Å². The molecule has 2 aromatic rings. The fourth-order valence-electron chi connectivity index (χ4n) is 1.48. The summed E-state index contributed by atoms with van der Waals surface area (Å²) in [7, 11) is 0. The summed E-state index contributed by atoms with van der Waals surface area (Å²) in [5.74, 6) is 0.793. The molecule has 1 heterocycles. The molecule has 0 radical (unpaired) electrons. The van der Waals surface area contributed by atoms with Gasteiger partial charge in [-0.15, -0.1) is 0 Å². The van der Waals surface area contributed by atoms with Gasteiger partial charge in [-0.1, -0.05) is 0 Å². The maximum atomic E-state index is 10.7. The van der Waals surface area contributed by atoms with E-state index in [0.29, 0.717) is 6.61 Å². The van der Waals surface area contributed by atoms with Crippen molar-refractivity contribution in [2.24, 2.45) is 0 Å². The molecule has 2 rings (SSSR count). The summed E-state index contributed by atoms with van der Waals surface area (Å²) in [6, 6.07) is 7.62. The minimum atomic E-state index is 0.632. The predicted octanol–water partition coefficient (Wildman–Crippen LogP) is 2.08. The first kappa shape index (κ1) is 8.81. The monoisotopic (exact) mass is 189 g/mol. The number of fused-ring (bicyclic) bond motifs is 1. The molecule has 3 nitrogen and oxygen atoms in total. The molecular formula is C11H11NO2. The van der Waals surface area contributed by atoms with Gasteiger partial charge in [0, 0.05) is 17.6 Å². The standard InChI is InChI=1S/C11H11NO2/c1-2-14-10-4-3-9-5-6-12(8-13)11(9)7-10/h3-8H,2H2,1H3. The van der Waals surface area contributed by atoms with Crippen LogP contribution < -0.4 is 4.74 Å². The van der Waals surface area contributed by atoms with Gasteiger partial charge in [-0.05, 0) is 25.1 Å². The van der Waals surface area contributed by atoms with Gasteiger partial charge >= 0.3 is 0 Å². The fraction of sp³-hybridized carbons (Fsp3) is 0.182. The molecule has 0 fully saturated rings. The Kier molecular flexibility index (Phi) is 2.23. The average Bonchev–Trinajstić information content (AvgIpc) is 2.60. The van der Waals surface area contributed by atoms with E-state index in [0.717, 1.165) is 23.1 Å². The minimum Gasteiger partial charge on any atom is -0.494 e. The second kappa shape index (κ2) is 3.54. The summed E-state index contributed by atoms with van der Waals surface area (Å²) in [5.41, 5.74) is 0.881. The molecule has 0 bridgehead atoms. The zero-order chi connectivity index (χ0) is 9.97. The van der Waals surface area contributed by atoms with Crippen LogP contribution in [-0.2, 0) is 4.79 Å². The van der Waals surface area contributed by atoms with Gasteiger partial charge in [0.25, 0.3) is 0 Å². The number of carbonyl (C=O) groups excluding carboxylic acids is 1. The maximum absolute atomic E-state index is 10.7. The van der Waals surface area contributed by atoms with Crippen molar-refractivity contribution in [2.75, 3.05) is 6.61 Å². The van der Waals surface area contributed by atoms with Gasteiger partial charge < -0.3 is 4.74 Å². The van der Waals surface area contributed by atoms with Crippen LogP contribution in [0.3, 0.4) is 0 Å². The summed E-state index contributed by atoms with van der Waals surface area (Å²) in [6.07, 6.45) is 2.53. The van der Waals surface area contributed by atoms with Crippen LogP contribution in [0.1, 0.15) is 6.92 Å². The summed E-state index contributed by atoms with van der Waals surface area (Å²) < 4.78 is 6.89. The van der Waals surface area contributed by atoms with E-state index < -0.39 is 0 Å². The first-order valence-electron chi connectivity index (χ1n) is 4.54. The van der Waals surface area contributed by atoms with E-state index in [1.807, 2.05) is 31.2 Å². The minimum absolute atomic E-state index is 0.632. The lowest BCUT2D eigenvalue weighted by Gasteiger charge is -2.02. The van der Waals surface area contributed by atoms with Crippen LogP contribution >= 0.6 is 0 Å². The second-order valence-corrected chi connectivity index (χ2v) is 2.98. The van der Waals surface area contributed by atoms with Gasteiger partial charge in [0.2, 0.25) is 6.41 Å². The Labute approximate surface area is 81.9 Å². The predicted molar refractivity (Wildman–Crippen MR) is 55.3 cm³/mol. The molecule has 0 saturated heterocycles. The molecule has 3 heteroatoms. The highest BCUT2D eigenvalue weighted by Crippen LogP contribution is 2.21. The Morgan fingerprint density at radius 1 is 1.43 bits per heavy atom. The van der Waals surface area contributed by atoms with Gasteiger partial charge in [-0.2, -0.15) is 0 Å². The molecule has 72 valence electrons. The van der Waals surface area contributed by atoms with E-state index in [4.69, 9.17) is 4.74 Å². The Bertz CT molecular complexity index is 459. The summed E-state index contributed by atoms with van der Waals surface area (Å²) in [4.78, 5) is 10.7. The normalized spacial score (nSPS) is 10.4. The van der Waals surface area contributed by atoms with Crippen LogP contribution in [0, 0.1) is 0 Å². The summed E-state index contributed by atoms with van der Waals surface area (Å²) in [5, 5.41) is 1.04. The van der Waals surface area contributed by atoms with Gasteiger partial charge in [0.15, 0.2) is 0 Å². The summed E-state index contributed by atoms with van der Waals surface area (Å²) >= 11 is 0. The maximum Gasteiger partial charge on any atom is 0.218 e. The third kappa shape index (κ3) is 1.37. The van der Waals surface area contributed by atoms with Crippen LogP contribution in [0.5, 0.6) is 5.75 Å². The van der Waals surface area contributed by atoms with E-state index in [9.17, 15) is 4.79 Å². The molecular weight excluding hydrogens is 178 g/mol. The zero-order valence-corrected chi connectivity index (χ0v) is 7.93. The van der Waals surface area contributed by atoms with Crippen LogP contribution in [0.2, 0.25) is 0 Å². The van der Waals surface area contributed by atoms with Crippen molar-refractivity contribution in [3.05, 3.63) is 30.5 Å². The number of hydrogen-bond acceptors (Lipinski definition) is 2. The molecule has 1 aromatic heterocycles. The molecule has 0 spiro atoms. The van der Waals surface area contributed by atoms with Crippen molar-refractivity contribution in [3.63, 3.8) is 0 Å². The molecule has 0 aliphatic heterocycles. The number of rotatable bonds is 3. The highest BCUT2D eigenvalue weighted by Gasteiger charge is 2.01. The Morgan fingerprint density at radius 3 is 3.00 bits per heavy atom. The van der Waals surface area contributed by atoms with E-state index in [1.165, 1.54) is 4.57 Å². The second-order valence-electron chi connectivity index (χ2n) is 2.98. The smallest absolute Gasteiger partial charge is 0.218 e. The van der Waals surface area contributed by atoms with Crippen molar-refractivity contribution in [2.45, 2.75) is 6.92 Å². The summed E-state index contributed by atoms with van der Waals surface area (Å²) in [6.45, 7) is 2.57. The van der Waals surface area contributed by atoms with E-state index in [2.05, 4.69) is 0 Å². The molecule has 0 aliphatic carbocycles. The van der Waals surface area contributed by atoms with Gasteiger partial charge in [0.05, 0.1) is 12.1 Å². The van der Waals surface area contributed by atoms with E-state index in [-0.39, 0.29) is 0 Å². The highest BCUT2D eigenvalue weighted by molar-refractivity contribution is 5.86. The van der Waals surface area contributed by atoms with Gasteiger partial charge in [0.1, 0.15) is 5.75 Å². The fourth-order valence-corrected chi connectivity index (χ4v) is 1.48. The number of benzene rings is 1. The molecule has 0 N–H and O–H groups in total. The average molecular weight is 189 g/mol. The third-order valence-electron chi connectivity index (χ3n) is 2.12. The number of carbonyl (C=O) groups is 1. The van der Waals surface area contributed by atoms with Gasteiger partial charge in [-0.25, -0.2) is 0 Å². The van der Waals surface area contributed by atoms with Crippen LogP contribution in [0.25, 0.3) is 10.9 Å². The molecule has 0 atom stereocenters. The first-order chi connectivity index (χ1) is 6.85. The van der Waals surface area contributed by atoms with E-state index in [1.54, 1.807) is 6.20 Å². The molecule has 14 heavy (non-hydrogen) atoms. The van der Waals surface area contributed by atoms with Crippen LogP contribution in [0.15, 0.2) is 30.5 Å². The molecule has 1 aromatic carbocycles. The zero-order valence-electron chi connectivity index (χ0n) is 7.93.